The van der Waals surface area contributed by atoms with Crippen molar-refractivity contribution in [3.8, 4) is 0 Å². The van der Waals surface area contributed by atoms with E-state index in [1.165, 1.54) is 12.0 Å². The van der Waals surface area contributed by atoms with E-state index in [1.54, 1.807) is 30.1 Å². The third-order valence-electron chi connectivity index (χ3n) is 5.26. The summed E-state index contributed by atoms with van der Waals surface area (Å²) in [6, 6.07) is 7.31. The quantitative estimate of drug-likeness (QED) is 0.779. The molecule has 0 radical (unpaired) electrons. The largest absolute Gasteiger partial charge is 0.452 e. The third kappa shape index (κ3) is 3.93. The van der Waals surface area contributed by atoms with E-state index in [4.69, 9.17) is 9.72 Å². The van der Waals surface area contributed by atoms with Crippen LogP contribution in [-0.2, 0) is 17.8 Å². The first kappa shape index (κ1) is 21.5. The Kier molecular flexibility index (Phi) is 6.21. The Bertz CT molecular complexity index is 962. The molecule has 3 rings (SSSR count). The van der Waals surface area contributed by atoms with Crippen LogP contribution < -0.4 is 20.0 Å². The summed E-state index contributed by atoms with van der Waals surface area (Å²) in [5, 5.41) is 3.14. The number of ether oxygens (including phenoxy) is 1. The van der Waals surface area contributed by atoms with E-state index < -0.39 is 6.09 Å². The van der Waals surface area contributed by atoms with Gasteiger partial charge in [0, 0.05) is 32.2 Å². The first-order valence-corrected chi connectivity index (χ1v) is 9.79. The van der Waals surface area contributed by atoms with Gasteiger partial charge in [-0.05, 0) is 39.1 Å². The van der Waals surface area contributed by atoms with Gasteiger partial charge in [-0.2, -0.15) is 0 Å². The van der Waals surface area contributed by atoms with E-state index in [-0.39, 0.29) is 11.9 Å². The van der Waals surface area contributed by atoms with Crippen LogP contribution in [0.1, 0.15) is 35.5 Å². The molecule has 0 atom stereocenters. The van der Waals surface area contributed by atoms with E-state index in [9.17, 15) is 9.59 Å². The highest BCUT2D eigenvalue weighted by molar-refractivity contribution is 6.10. The molecule has 2 aromatic rings. The number of fused-ring (bicyclic) bond motifs is 1. The highest BCUT2D eigenvalue weighted by Gasteiger charge is 2.33. The van der Waals surface area contributed by atoms with E-state index in [2.05, 4.69) is 24.1 Å². The molecule has 9 nitrogen and oxygen atoms in total. The van der Waals surface area contributed by atoms with Gasteiger partial charge in [0.2, 0.25) is 0 Å². The third-order valence-corrected chi connectivity index (χ3v) is 5.26. The van der Waals surface area contributed by atoms with Crippen molar-refractivity contribution >= 4 is 29.5 Å². The van der Waals surface area contributed by atoms with E-state index >= 15 is 0 Å². The number of rotatable bonds is 6. The van der Waals surface area contributed by atoms with Crippen LogP contribution in [0.15, 0.2) is 24.3 Å². The molecule has 0 unspecified atom stereocenters. The van der Waals surface area contributed by atoms with Crippen LogP contribution in [0, 0.1) is 0 Å². The maximum absolute atomic E-state index is 13.3. The normalized spacial score (nSPS) is 12.9. The molecule has 3 heterocycles. The van der Waals surface area contributed by atoms with Gasteiger partial charge in [0.05, 0.1) is 24.9 Å². The molecular formula is C21H28N6O3. The Labute approximate surface area is 176 Å². The number of nitrogens with one attached hydrogen (secondary N) is 1. The molecule has 2 amide bonds. The zero-order valence-corrected chi connectivity index (χ0v) is 18.3. The lowest BCUT2D eigenvalue weighted by Gasteiger charge is -2.24. The maximum atomic E-state index is 13.3. The Balaban J connectivity index is 1.99. The van der Waals surface area contributed by atoms with E-state index in [1.807, 2.05) is 25.1 Å². The summed E-state index contributed by atoms with van der Waals surface area (Å²) in [4.78, 5) is 39.3. The summed E-state index contributed by atoms with van der Waals surface area (Å²) in [5.41, 5.74) is 2.37. The highest BCUT2D eigenvalue weighted by Crippen LogP contribution is 2.32. The van der Waals surface area contributed by atoms with Crippen molar-refractivity contribution in [3.63, 3.8) is 0 Å². The lowest BCUT2D eigenvalue weighted by atomic mass is 10.1. The SMILES string of the molecule is CNCc1nc(N(C)C(C)C)cc2c1CN(c1cccc(N(C)C(=O)OC)n1)C2=O. The van der Waals surface area contributed by atoms with Gasteiger partial charge < -0.3 is 15.0 Å². The first-order valence-electron chi connectivity index (χ1n) is 9.79. The minimum absolute atomic E-state index is 0.131. The number of carbonyl (C=O) groups is 2. The summed E-state index contributed by atoms with van der Waals surface area (Å²) < 4.78 is 4.75. The lowest BCUT2D eigenvalue weighted by Crippen LogP contribution is -2.29. The topological polar surface area (TPSA) is 90.9 Å². The molecular weight excluding hydrogens is 384 g/mol. The van der Waals surface area contributed by atoms with Crippen molar-refractivity contribution < 1.29 is 14.3 Å². The van der Waals surface area contributed by atoms with Crippen molar-refractivity contribution in [1.82, 2.24) is 15.3 Å². The molecule has 0 aliphatic carbocycles. The second kappa shape index (κ2) is 8.66. The fraction of sp³-hybridized carbons (Fsp3) is 0.429. The van der Waals surface area contributed by atoms with Crippen molar-refractivity contribution in [2.75, 3.05) is 43.0 Å². The standard InChI is InChI=1S/C21H28N6O3/c1-13(2)25(4)19-10-14-15(16(23-19)11-22-3)12-27(20(14)28)18-9-7-8-17(24-18)26(5)21(29)30-6/h7-10,13,22H,11-12H2,1-6H3. The molecule has 2 aromatic heterocycles. The Morgan fingerprint density at radius 3 is 2.63 bits per heavy atom. The lowest BCUT2D eigenvalue weighted by molar-refractivity contribution is 0.0996. The van der Waals surface area contributed by atoms with Crippen LogP contribution in [-0.4, -0.2) is 56.3 Å². The summed E-state index contributed by atoms with van der Waals surface area (Å²) >= 11 is 0. The minimum Gasteiger partial charge on any atom is -0.452 e. The monoisotopic (exact) mass is 412 g/mol. The number of aromatic nitrogens is 2. The molecule has 0 spiro atoms. The summed E-state index contributed by atoms with van der Waals surface area (Å²) in [7, 11) is 6.70. The molecule has 30 heavy (non-hydrogen) atoms. The van der Waals surface area contributed by atoms with E-state index in [0.29, 0.717) is 30.3 Å². The van der Waals surface area contributed by atoms with Crippen LogP contribution >= 0.6 is 0 Å². The zero-order chi connectivity index (χ0) is 22.0. The Morgan fingerprint density at radius 1 is 1.27 bits per heavy atom. The zero-order valence-electron chi connectivity index (χ0n) is 18.3. The molecule has 1 aliphatic rings. The van der Waals surface area contributed by atoms with Crippen molar-refractivity contribution in [2.45, 2.75) is 33.0 Å². The van der Waals surface area contributed by atoms with E-state index in [0.717, 1.165) is 17.1 Å². The summed E-state index contributed by atoms with van der Waals surface area (Å²) in [6.07, 6.45) is -0.530. The summed E-state index contributed by atoms with van der Waals surface area (Å²) in [5.74, 6) is 1.50. The number of amides is 2. The number of methoxy groups -OCH3 is 1. The smallest absolute Gasteiger partial charge is 0.414 e. The van der Waals surface area contributed by atoms with Crippen LogP contribution in [0.5, 0.6) is 0 Å². The van der Waals surface area contributed by atoms with Gasteiger partial charge in [0.15, 0.2) is 0 Å². The van der Waals surface area contributed by atoms with Gasteiger partial charge in [0.25, 0.3) is 5.91 Å². The second-order valence-electron chi connectivity index (χ2n) is 7.46. The molecule has 9 heteroatoms. The van der Waals surface area contributed by atoms with Crippen LogP contribution in [0.4, 0.5) is 22.2 Å². The predicted octanol–water partition coefficient (Wildman–Crippen LogP) is 2.40. The fourth-order valence-electron chi connectivity index (χ4n) is 3.28. The fourth-order valence-corrected chi connectivity index (χ4v) is 3.28. The molecule has 1 N–H and O–H groups in total. The average Bonchev–Trinajstić information content (AvgIpc) is 3.09. The van der Waals surface area contributed by atoms with Gasteiger partial charge in [-0.25, -0.2) is 14.8 Å². The van der Waals surface area contributed by atoms with Gasteiger partial charge in [-0.15, -0.1) is 0 Å². The molecule has 0 aromatic carbocycles. The molecule has 160 valence electrons. The predicted molar refractivity (Wildman–Crippen MR) is 116 cm³/mol. The molecule has 0 bridgehead atoms. The maximum Gasteiger partial charge on any atom is 0.414 e. The molecule has 1 aliphatic heterocycles. The van der Waals surface area contributed by atoms with Crippen molar-refractivity contribution in [3.05, 3.63) is 41.1 Å². The first-order chi connectivity index (χ1) is 14.3. The van der Waals surface area contributed by atoms with Gasteiger partial charge in [-0.3, -0.25) is 14.6 Å². The minimum atomic E-state index is -0.530. The van der Waals surface area contributed by atoms with Crippen LogP contribution in [0.2, 0.25) is 0 Å². The van der Waals surface area contributed by atoms with Crippen LogP contribution in [0.25, 0.3) is 0 Å². The number of anilines is 3. The van der Waals surface area contributed by atoms with Crippen LogP contribution in [0.3, 0.4) is 0 Å². The number of nitrogens with zero attached hydrogens (tertiary/aromatic N) is 5. The number of carbonyl (C=O) groups excluding carboxylic acids is 2. The van der Waals surface area contributed by atoms with Crippen molar-refractivity contribution in [2.24, 2.45) is 0 Å². The number of pyridine rings is 2. The second-order valence-corrected chi connectivity index (χ2v) is 7.46. The van der Waals surface area contributed by atoms with Crippen molar-refractivity contribution in [1.29, 1.82) is 0 Å². The van der Waals surface area contributed by atoms with Gasteiger partial charge in [0.1, 0.15) is 17.5 Å². The summed E-state index contributed by atoms with van der Waals surface area (Å²) in [6.45, 7) is 5.09. The van der Waals surface area contributed by atoms with Gasteiger partial charge in [-0.1, -0.05) is 6.07 Å². The van der Waals surface area contributed by atoms with Gasteiger partial charge >= 0.3 is 6.09 Å². The molecule has 0 saturated carbocycles. The molecule has 0 fully saturated rings. The molecule has 0 saturated heterocycles. The Hall–Kier alpha value is -3.20. The highest BCUT2D eigenvalue weighted by atomic mass is 16.5. The average molecular weight is 412 g/mol. The number of hydrogen-bond donors (Lipinski definition) is 1. The Morgan fingerprint density at radius 2 is 2.00 bits per heavy atom. The number of hydrogen-bond acceptors (Lipinski definition) is 7.